The third-order valence-electron chi connectivity index (χ3n) is 3.22. The Morgan fingerprint density at radius 2 is 1.83 bits per heavy atom. The summed E-state index contributed by atoms with van der Waals surface area (Å²) in [5.74, 6) is -4.21. The van der Waals surface area contributed by atoms with E-state index < -0.39 is 35.1 Å². The fourth-order valence-electron chi connectivity index (χ4n) is 2.02. The molecule has 0 aliphatic rings. The fourth-order valence-corrected chi connectivity index (χ4v) is 2.50. The quantitative estimate of drug-likeness (QED) is 0.839. The Balaban J connectivity index is 2.19. The summed E-state index contributed by atoms with van der Waals surface area (Å²) in [4.78, 5) is 23.4. The van der Waals surface area contributed by atoms with Gasteiger partial charge in [-0.1, -0.05) is 29.3 Å². The Bertz CT molecular complexity index is 799. The van der Waals surface area contributed by atoms with E-state index in [0.29, 0.717) is 16.7 Å². The number of rotatable bonds is 5. The van der Waals surface area contributed by atoms with Crippen LogP contribution in [0.3, 0.4) is 0 Å². The van der Waals surface area contributed by atoms with E-state index >= 15 is 0 Å². The van der Waals surface area contributed by atoms with E-state index in [9.17, 15) is 23.5 Å². The molecule has 0 saturated heterocycles. The molecule has 4 nitrogen and oxygen atoms in total. The monoisotopic (exact) mass is 373 g/mol. The summed E-state index contributed by atoms with van der Waals surface area (Å²) in [6.07, 6.45) is -0.125. The number of amides is 1. The maximum atomic E-state index is 13.6. The van der Waals surface area contributed by atoms with Gasteiger partial charge in [0.1, 0.15) is 17.7 Å². The van der Waals surface area contributed by atoms with Crippen molar-refractivity contribution >= 4 is 35.1 Å². The number of carboxylic acid groups (broad SMARTS) is 1. The van der Waals surface area contributed by atoms with Gasteiger partial charge in [0, 0.05) is 22.5 Å². The van der Waals surface area contributed by atoms with E-state index in [-0.39, 0.29) is 11.4 Å². The minimum Gasteiger partial charge on any atom is -0.480 e. The molecule has 2 N–H and O–H groups in total. The van der Waals surface area contributed by atoms with Crippen LogP contribution in [0.1, 0.15) is 15.9 Å². The number of benzene rings is 2. The van der Waals surface area contributed by atoms with Gasteiger partial charge in [0.2, 0.25) is 0 Å². The summed E-state index contributed by atoms with van der Waals surface area (Å²) < 4.78 is 26.5. The van der Waals surface area contributed by atoms with E-state index in [1.807, 2.05) is 0 Å². The first kappa shape index (κ1) is 18.2. The van der Waals surface area contributed by atoms with Crippen LogP contribution in [0.25, 0.3) is 0 Å². The zero-order valence-corrected chi connectivity index (χ0v) is 13.5. The van der Waals surface area contributed by atoms with Crippen molar-refractivity contribution in [3.63, 3.8) is 0 Å². The minimum atomic E-state index is -1.35. The lowest BCUT2D eigenvalue weighted by Gasteiger charge is -2.16. The second-order valence-electron chi connectivity index (χ2n) is 4.93. The molecule has 0 unspecified atom stereocenters. The van der Waals surface area contributed by atoms with E-state index in [0.717, 1.165) is 12.1 Å². The zero-order valence-electron chi connectivity index (χ0n) is 12.0. The molecule has 1 amide bonds. The lowest BCUT2D eigenvalue weighted by atomic mass is 10.1. The Kier molecular flexibility index (Phi) is 5.75. The molecule has 2 aromatic carbocycles. The Labute approximate surface area is 146 Å². The first-order valence-corrected chi connectivity index (χ1v) is 7.46. The summed E-state index contributed by atoms with van der Waals surface area (Å²) in [5.41, 5.74) is -0.00167. The number of carboxylic acids is 1. The van der Waals surface area contributed by atoms with Gasteiger partial charge in [-0.3, -0.25) is 4.79 Å². The van der Waals surface area contributed by atoms with Crippen molar-refractivity contribution in [2.75, 3.05) is 0 Å². The second kappa shape index (κ2) is 7.59. The van der Waals surface area contributed by atoms with Gasteiger partial charge in [0.05, 0.1) is 5.56 Å². The van der Waals surface area contributed by atoms with Crippen LogP contribution in [0, 0.1) is 11.6 Å². The molecular formula is C16H11Cl2F2NO3. The first-order chi connectivity index (χ1) is 11.3. The molecule has 2 rings (SSSR count). The van der Waals surface area contributed by atoms with Crippen molar-refractivity contribution in [2.45, 2.75) is 12.5 Å². The van der Waals surface area contributed by atoms with Gasteiger partial charge in [-0.2, -0.15) is 0 Å². The summed E-state index contributed by atoms with van der Waals surface area (Å²) >= 11 is 11.8. The molecule has 0 spiro atoms. The average Bonchev–Trinajstić information content (AvgIpc) is 2.48. The average molecular weight is 374 g/mol. The lowest BCUT2D eigenvalue weighted by Crippen LogP contribution is -2.42. The largest absolute Gasteiger partial charge is 0.480 e. The van der Waals surface area contributed by atoms with Gasteiger partial charge in [0.25, 0.3) is 5.91 Å². The highest BCUT2D eigenvalue weighted by Crippen LogP contribution is 2.22. The van der Waals surface area contributed by atoms with E-state index in [1.54, 1.807) is 0 Å². The van der Waals surface area contributed by atoms with Crippen LogP contribution in [0.4, 0.5) is 8.78 Å². The van der Waals surface area contributed by atoms with Gasteiger partial charge in [-0.15, -0.1) is 0 Å². The molecule has 24 heavy (non-hydrogen) atoms. The number of hydrogen-bond donors (Lipinski definition) is 2. The number of halogens is 4. The van der Waals surface area contributed by atoms with Crippen LogP contribution in [0.15, 0.2) is 36.4 Å². The molecule has 0 bridgehead atoms. The van der Waals surface area contributed by atoms with Crippen molar-refractivity contribution in [1.82, 2.24) is 5.32 Å². The Morgan fingerprint density at radius 3 is 2.42 bits per heavy atom. The highest BCUT2D eigenvalue weighted by Gasteiger charge is 2.23. The number of carbonyl (C=O) groups is 2. The summed E-state index contributed by atoms with van der Waals surface area (Å²) in [6, 6.07) is 5.55. The number of nitrogens with one attached hydrogen (secondary N) is 1. The van der Waals surface area contributed by atoms with Crippen molar-refractivity contribution < 1.29 is 23.5 Å². The molecule has 126 valence electrons. The zero-order chi connectivity index (χ0) is 17.9. The Hall–Kier alpha value is -2.18. The molecule has 8 heteroatoms. The normalized spacial score (nSPS) is 11.8. The van der Waals surface area contributed by atoms with Gasteiger partial charge < -0.3 is 10.4 Å². The highest BCUT2D eigenvalue weighted by atomic mass is 35.5. The standard InChI is InChI=1S/C16H11Cl2F2NO3/c17-9-2-1-8(12(18)6-9)5-14(16(23)24)21-15(22)11-4-3-10(19)7-13(11)20/h1-4,6-7,14H,5H2,(H,21,22)(H,23,24)/t14-/m1/s1. The molecule has 0 fully saturated rings. The lowest BCUT2D eigenvalue weighted by molar-refractivity contribution is -0.139. The molecule has 0 saturated carbocycles. The highest BCUT2D eigenvalue weighted by molar-refractivity contribution is 6.35. The topological polar surface area (TPSA) is 66.4 Å². The molecule has 0 aliphatic heterocycles. The van der Waals surface area contributed by atoms with Crippen LogP contribution in [-0.2, 0) is 11.2 Å². The molecule has 0 aliphatic carbocycles. The van der Waals surface area contributed by atoms with Crippen LogP contribution < -0.4 is 5.32 Å². The van der Waals surface area contributed by atoms with Crippen LogP contribution in [0.2, 0.25) is 10.0 Å². The Morgan fingerprint density at radius 1 is 1.12 bits per heavy atom. The van der Waals surface area contributed by atoms with E-state index in [4.69, 9.17) is 23.2 Å². The molecule has 0 radical (unpaired) electrons. The first-order valence-electron chi connectivity index (χ1n) is 6.70. The number of carbonyl (C=O) groups excluding carboxylic acids is 1. The summed E-state index contributed by atoms with van der Waals surface area (Å²) in [6.45, 7) is 0. The number of hydrogen-bond acceptors (Lipinski definition) is 2. The minimum absolute atomic E-state index is 0.125. The van der Waals surface area contributed by atoms with Crippen molar-refractivity contribution in [3.05, 3.63) is 69.2 Å². The van der Waals surface area contributed by atoms with Crippen molar-refractivity contribution in [1.29, 1.82) is 0 Å². The summed E-state index contributed by atoms with van der Waals surface area (Å²) in [5, 5.41) is 12.1. The molecule has 2 aromatic rings. The fraction of sp³-hybridized carbons (Fsp3) is 0.125. The van der Waals surface area contributed by atoms with E-state index in [1.165, 1.54) is 18.2 Å². The predicted molar refractivity (Wildman–Crippen MR) is 85.4 cm³/mol. The molecular weight excluding hydrogens is 363 g/mol. The van der Waals surface area contributed by atoms with Crippen molar-refractivity contribution in [3.8, 4) is 0 Å². The van der Waals surface area contributed by atoms with Gasteiger partial charge >= 0.3 is 5.97 Å². The predicted octanol–water partition coefficient (Wildman–Crippen LogP) is 3.70. The van der Waals surface area contributed by atoms with Crippen LogP contribution in [0.5, 0.6) is 0 Å². The van der Waals surface area contributed by atoms with Gasteiger partial charge in [-0.05, 0) is 29.8 Å². The van der Waals surface area contributed by atoms with Crippen molar-refractivity contribution in [2.24, 2.45) is 0 Å². The van der Waals surface area contributed by atoms with Gasteiger partial charge in [0.15, 0.2) is 0 Å². The molecule has 0 heterocycles. The smallest absolute Gasteiger partial charge is 0.326 e. The van der Waals surface area contributed by atoms with Gasteiger partial charge in [-0.25, -0.2) is 13.6 Å². The maximum absolute atomic E-state index is 13.6. The SMILES string of the molecule is O=C(N[C@H](Cc1ccc(Cl)cc1Cl)C(=O)O)c1ccc(F)cc1F. The van der Waals surface area contributed by atoms with Crippen LogP contribution in [-0.4, -0.2) is 23.0 Å². The molecule has 0 aromatic heterocycles. The number of aliphatic carboxylic acids is 1. The maximum Gasteiger partial charge on any atom is 0.326 e. The third-order valence-corrected chi connectivity index (χ3v) is 3.81. The summed E-state index contributed by atoms with van der Waals surface area (Å²) in [7, 11) is 0. The third kappa shape index (κ3) is 4.43. The van der Waals surface area contributed by atoms with Crippen LogP contribution >= 0.6 is 23.2 Å². The van der Waals surface area contributed by atoms with E-state index in [2.05, 4.69) is 5.32 Å². The molecule has 1 atom stereocenters. The second-order valence-corrected chi connectivity index (χ2v) is 5.77.